The van der Waals surface area contributed by atoms with Crippen molar-refractivity contribution in [1.29, 1.82) is 0 Å². The van der Waals surface area contributed by atoms with Gasteiger partial charge in [-0.25, -0.2) is 0 Å². The van der Waals surface area contributed by atoms with Gasteiger partial charge >= 0.3 is 0 Å². The zero-order valence-electron chi connectivity index (χ0n) is 11.1. The van der Waals surface area contributed by atoms with Crippen molar-refractivity contribution in [3.8, 4) is 11.5 Å². The van der Waals surface area contributed by atoms with Crippen LogP contribution < -0.4 is 4.74 Å². The molecule has 0 amide bonds. The van der Waals surface area contributed by atoms with E-state index in [4.69, 9.17) is 4.74 Å². The van der Waals surface area contributed by atoms with Crippen LogP contribution in [0.25, 0.3) is 0 Å². The number of aliphatic hydroxyl groups excluding tert-OH is 1. The van der Waals surface area contributed by atoms with Crippen molar-refractivity contribution in [2.24, 2.45) is 0 Å². The molecule has 0 aliphatic rings. The second-order valence-electron chi connectivity index (χ2n) is 4.50. The Labute approximate surface area is 122 Å². The lowest BCUT2D eigenvalue weighted by Gasteiger charge is -2.11. The lowest BCUT2D eigenvalue weighted by atomic mass is 10.1. The second-order valence-corrected chi connectivity index (χ2v) is 5.42. The van der Waals surface area contributed by atoms with Crippen LogP contribution in [0.2, 0.25) is 0 Å². The molecule has 0 unspecified atom stereocenters. The molecular weight excluding hydrogens is 304 g/mol. The van der Waals surface area contributed by atoms with E-state index in [2.05, 4.69) is 15.9 Å². The van der Waals surface area contributed by atoms with Crippen molar-refractivity contribution in [2.75, 3.05) is 0 Å². The number of aryl methyl sites for hydroxylation is 1. The molecule has 100 valence electrons. The molecule has 0 heterocycles. The average Bonchev–Trinajstić information content (AvgIpc) is 2.43. The number of benzene rings is 2. The van der Waals surface area contributed by atoms with E-state index < -0.39 is 6.10 Å². The van der Waals surface area contributed by atoms with E-state index in [9.17, 15) is 5.11 Å². The molecule has 1 atom stereocenters. The first-order chi connectivity index (χ1) is 9.10. The fourth-order valence-electron chi connectivity index (χ4n) is 1.80. The zero-order chi connectivity index (χ0) is 13.8. The van der Waals surface area contributed by atoms with Gasteiger partial charge in [-0.1, -0.05) is 41.1 Å². The molecule has 2 aromatic rings. The van der Waals surface area contributed by atoms with Crippen molar-refractivity contribution >= 4 is 15.9 Å². The van der Waals surface area contributed by atoms with Crippen LogP contribution in [0.1, 0.15) is 30.6 Å². The lowest BCUT2D eigenvalue weighted by Crippen LogP contribution is -1.95. The summed E-state index contributed by atoms with van der Waals surface area (Å²) >= 11 is 3.44. The molecule has 19 heavy (non-hydrogen) atoms. The summed E-state index contributed by atoms with van der Waals surface area (Å²) in [5.74, 6) is 1.60. The number of halogens is 1. The van der Waals surface area contributed by atoms with Crippen molar-refractivity contribution < 1.29 is 9.84 Å². The Balaban J connectivity index is 2.17. The van der Waals surface area contributed by atoms with Crippen LogP contribution in [0, 0.1) is 6.92 Å². The van der Waals surface area contributed by atoms with Gasteiger partial charge in [-0.15, -0.1) is 0 Å². The maximum absolute atomic E-state index is 9.74. The highest BCUT2D eigenvalue weighted by Gasteiger charge is 2.06. The molecule has 0 fully saturated rings. The van der Waals surface area contributed by atoms with Crippen LogP contribution in [-0.4, -0.2) is 5.11 Å². The number of aliphatic hydroxyl groups is 1. The molecule has 0 spiro atoms. The summed E-state index contributed by atoms with van der Waals surface area (Å²) in [6.45, 7) is 3.97. The predicted molar refractivity (Wildman–Crippen MR) is 80.6 cm³/mol. The largest absolute Gasteiger partial charge is 0.457 e. The molecular formula is C16H17BrO2. The van der Waals surface area contributed by atoms with Gasteiger partial charge in [-0.05, 0) is 48.7 Å². The fourth-order valence-corrected chi connectivity index (χ4v) is 2.14. The summed E-state index contributed by atoms with van der Waals surface area (Å²) in [6, 6.07) is 13.5. The van der Waals surface area contributed by atoms with Crippen molar-refractivity contribution in [1.82, 2.24) is 0 Å². The molecule has 3 heteroatoms. The maximum Gasteiger partial charge on any atom is 0.131 e. The topological polar surface area (TPSA) is 29.5 Å². The number of ether oxygens (including phenoxy) is 1. The summed E-state index contributed by atoms with van der Waals surface area (Å²) in [4.78, 5) is 0. The smallest absolute Gasteiger partial charge is 0.131 e. The Hall–Kier alpha value is -1.32. The number of hydrogen-bond donors (Lipinski definition) is 1. The standard InChI is InChI=1S/C16H17BrO2/c1-3-15(18)12-5-8-14(9-6-12)19-16-10-13(17)7-4-11(16)2/h4-10,15,18H,3H2,1-2H3/t15-/m1/s1. The highest BCUT2D eigenvalue weighted by Crippen LogP contribution is 2.29. The monoisotopic (exact) mass is 320 g/mol. The van der Waals surface area contributed by atoms with Gasteiger partial charge in [0.1, 0.15) is 11.5 Å². The van der Waals surface area contributed by atoms with E-state index in [1.54, 1.807) is 0 Å². The predicted octanol–water partition coefficient (Wildman–Crippen LogP) is 4.99. The van der Waals surface area contributed by atoms with Gasteiger partial charge in [0.2, 0.25) is 0 Å². The van der Waals surface area contributed by atoms with Crippen molar-refractivity contribution in [3.63, 3.8) is 0 Å². The molecule has 0 aliphatic carbocycles. The minimum absolute atomic E-state index is 0.401. The van der Waals surface area contributed by atoms with Crippen molar-refractivity contribution in [2.45, 2.75) is 26.4 Å². The first-order valence-corrected chi connectivity index (χ1v) is 7.11. The second kappa shape index (κ2) is 6.22. The maximum atomic E-state index is 9.74. The molecule has 2 rings (SSSR count). The van der Waals surface area contributed by atoms with E-state index in [0.717, 1.165) is 27.1 Å². The fraction of sp³-hybridized carbons (Fsp3) is 0.250. The lowest BCUT2D eigenvalue weighted by molar-refractivity contribution is 0.173. The quantitative estimate of drug-likeness (QED) is 0.859. The molecule has 0 bridgehead atoms. The van der Waals surface area contributed by atoms with Gasteiger partial charge < -0.3 is 9.84 Å². The molecule has 0 saturated heterocycles. The molecule has 2 aromatic carbocycles. The van der Waals surface area contributed by atoms with E-state index in [1.807, 2.05) is 56.3 Å². The van der Waals surface area contributed by atoms with Gasteiger partial charge in [-0.3, -0.25) is 0 Å². The van der Waals surface area contributed by atoms with Crippen LogP contribution >= 0.6 is 15.9 Å². The number of hydrogen-bond acceptors (Lipinski definition) is 2. The van der Waals surface area contributed by atoms with Gasteiger partial charge in [0.05, 0.1) is 6.10 Å². The van der Waals surface area contributed by atoms with Crippen LogP contribution in [0.3, 0.4) is 0 Å². The minimum Gasteiger partial charge on any atom is -0.457 e. The van der Waals surface area contributed by atoms with E-state index >= 15 is 0 Å². The molecule has 1 N–H and O–H groups in total. The SMILES string of the molecule is CC[C@@H](O)c1ccc(Oc2cc(Br)ccc2C)cc1. The number of rotatable bonds is 4. The zero-order valence-corrected chi connectivity index (χ0v) is 12.6. The Morgan fingerprint density at radius 2 is 1.84 bits per heavy atom. The van der Waals surface area contributed by atoms with Gasteiger partial charge in [0, 0.05) is 4.47 Å². The first-order valence-electron chi connectivity index (χ1n) is 6.32. The molecule has 0 aliphatic heterocycles. The van der Waals surface area contributed by atoms with E-state index in [1.165, 1.54) is 0 Å². The summed E-state index contributed by atoms with van der Waals surface area (Å²) in [6.07, 6.45) is 0.312. The van der Waals surface area contributed by atoms with Gasteiger partial charge in [0.15, 0.2) is 0 Å². The van der Waals surface area contributed by atoms with Gasteiger partial charge in [-0.2, -0.15) is 0 Å². The normalized spacial score (nSPS) is 12.2. The first kappa shape index (κ1) is 14.1. The molecule has 0 saturated carbocycles. The van der Waals surface area contributed by atoms with Crippen LogP contribution in [0.4, 0.5) is 0 Å². The summed E-state index contributed by atoms with van der Waals surface area (Å²) in [7, 11) is 0. The minimum atomic E-state index is -0.401. The Morgan fingerprint density at radius 1 is 1.16 bits per heavy atom. The Bertz CT molecular complexity index is 549. The molecule has 2 nitrogen and oxygen atoms in total. The van der Waals surface area contributed by atoms with Crippen LogP contribution in [0.5, 0.6) is 11.5 Å². The molecule has 0 radical (unpaired) electrons. The Kier molecular flexibility index (Phi) is 4.61. The van der Waals surface area contributed by atoms with Gasteiger partial charge in [0.25, 0.3) is 0 Å². The molecule has 0 aromatic heterocycles. The summed E-state index contributed by atoms with van der Waals surface area (Å²) < 4.78 is 6.84. The van der Waals surface area contributed by atoms with Crippen LogP contribution in [-0.2, 0) is 0 Å². The highest BCUT2D eigenvalue weighted by atomic mass is 79.9. The van der Waals surface area contributed by atoms with Crippen LogP contribution in [0.15, 0.2) is 46.9 Å². The Morgan fingerprint density at radius 3 is 2.47 bits per heavy atom. The van der Waals surface area contributed by atoms with E-state index in [-0.39, 0.29) is 0 Å². The third-order valence-corrected chi connectivity index (χ3v) is 3.52. The third-order valence-electron chi connectivity index (χ3n) is 3.03. The third kappa shape index (κ3) is 3.58. The summed E-state index contributed by atoms with van der Waals surface area (Å²) in [5.41, 5.74) is 2.00. The average molecular weight is 321 g/mol. The highest BCUT2D eigenvalue weighted by molar-refractivity contribution is 9.10. The van der Waals surface area contributed by atoms with E-state index in [0.29, 0.717) is 6.42 Å². The summed E-state index contributed by atoms with van der Waals surface area (Å²) in [5, 5.41) is 9.74. The van der Waals surface area contributed by atoms with Crippen molar-refractivity contribution in [3.05, 3.63) is 58.1 Å².